The van der Waals surface area contributed by atoms with Gasteiger partial charge in [-0.15, -0.1) is 6.58 Å². The minimum absolute atomic E-state index is 0.165. The summed E-state index contributed by atoms with van der Waals surface area (Å²) in [6.07, 6.45) is 8.98. The molecule has 3 atom stereocenters. The number of rotatable bonds is 6. The van der Waals surface area contributed by atoms with Crippen LogP contribution in [-0.2, 0) is 9.47 Å². The molecule has 0 aromatic heterocycles. The minimum Gasteiger partial charge on any atom is -0.359 e. The van der Waals surface area contributed by atoms with Gasteiger partial charge in [-0.25, -0.2) is 0 Å². The van der Waals surface area contributed by atoms with E-state index >= 15 is 0 Å². The van der Waals surface area contributed by atoms with E-state index in [-0.39, 0.29) is 6.10 Å². The molecule has 0 amide bonds. The molecular weight excluding hydrogens is 284 g/mol. The van der Waals surface area contributed by atoms with Crippen LogP contribution in [-0.4, -0.2) is 20.0 Å². The van der Waals surface area contributed by atoms with Gasteiger partial charge in [-0.1, -0.05) is 60.7 Å². The van der Waals surface area contributed by atoms with E-state index in [1.54, 1.807) is 7.11 Å². The molecule has 1 aliphatic rings. The molecule has 2 heteroatoms. The van der Waals surface area contributed by atoms with Crippen molar-refractivity contribution in [1.29, 1.82) is 0 Å². The Bertz CT molecular complexity index is 684. The third kappa shape index (κ3) is 3.54. The Balaban J connectivity index is 1.81. The second kappa shape index (κ2) is 7.58. The van der Waals surface area contributed by atoms with Crippen LogP contribution in [0.15, 0.2) is 61.2 Å². The van der Waals surface area contributed by atoms with Crippen LogP contribution < -0.4 is 0 Å². The summed E-state index contributed by atoms with van der Waals surface area (Å²) in [5.74, 6) is 0.819. The maximum Gasteiger partial charge on any atom is 0.146 e. The summed E-state index contributed by atoms with van der Waals surface area (Å²) in [5.41, 5.74) is 1.26. The molecule has 3 rings (SSSR count). The van der Waals surface area contributed by atoms with E-state index in [1.165, 1.54) is 16.3 Å². The van der Waals surface area contributed by atoms with Gasteiger partial charge in [-0.05, 0) is 29.2 Å². The Hall–Kier alpha value is -1.90. The zero-order chi connectivity index (χ0) is 16.1. The minimum atomic E-state index is 0.165. The van der Waals surface area contributed by atoms with Crippen LogP contribution in [0.5, 0.6) is 0 Å². The maximum atomic E-state index is 5.90. The monoisotopic (exact) mass is 308 g/mol. The van der Waals surface area contributed by atoms with Gasteiger partial charge in [0.1, 0.15) is 6.79 Å². The lowest BCUT2D eigenvalue weighted by Gasteiger charge is -2.21. The first-order valence-corrected chi connectivity index (χ1v) is 8.22. The highest BCUT2D eigenvalue weighted by Crippen LogP contribution is 2.36. The summed E-state index contributed by atoms with van der Waals surface area (Å²) in [6, 6.07) is 14.9. The molecule has 0 bridgehead atoms. The summed E-state index contributed by atoms with van der Waals surface area (Å²) in [6.45, 7) is 4.29. The number of hydrogen-bond acceptors (Lipinski definition) is 2. The fourth-order valence-electron chi connectivity index (χ4n) is 3.51. The van der Waals surface area contributed by atoms with Crippen LogP contribution >= 0.6 is 0 Å². The van der Waals surface area contributed by atoms with Gasteiger partial charge >= 0.3 is 0 Å². The molecule has 2 nitrogen and oxygen atoms in total. The van der Waals surface area contributed by atoms with Crippen LogP contribution in [0.4, 0.5) is 0 Å². The van der Waals surface area contributed by atoms with Gasteiger partial charge in [-0.2, -0.15) is 0 Å². The van der Waals surface area contributed by atoms with E-state index in [2.05, 4.69) is 61.2 Å². The average Bonchev–Trinajstić information content (AvgIpc) is 3.00. The molecule has 0 heterocycles. The highest BCUT2D eigenvalue weighted by atomic mass is 16.7. The number of benzene rings is 2. The predicted octanol–water partition coefficient (Wildman–Crippen LogP) is 5.05. The van der Waals surface area contributed by atoms with E-state index in [4.69, 9.17) is 9.47 Å². The van der Waals surface area contributed by atoms with E-state index in [0.29, 0.717) is 18.6 Å². The zero-order valence-corrected chi connectivity index (χ0v) is 13.7. The van der Waals surface area contributed by atoms with Gasteiger partial charge in [-0.3, -0.25) is 0 Å². The third-order valence-corrected chi connectivity index (χ3v) is 4.70. The van der Waals surface area contributed by atoms with Gasteiger partial charge in [0.15, 0.2) is 0 Å². The standard InChI is InChI=1S/C21H24O2/c1-3-16-11-13-19(21(16)23-15-22-2)14-12-18-9-6-8-17-7-4-5-10-20(17)18/h3-10,12,14,16,19,21H,1,11,13,15H2,2H3/b14-12+/t16-,19-,21-/m0/s1. The molecule has 120 valence electrons. The molecule has 23 heavy (non-hydrogen) atoms. The summed E-state index contributed by atoms with van der Waals surface area (Å²) in [7, 11) is 1.67. The summed E-state index contributed by atoms with van der Waals surface area (Å²) in [5, 5.41) is 2.57. The fourth-order valence-corrected chi connectivity index (χ4v) is 3.51. The predicted molar refractivity (Wildman–Crippen MR) is 96.1 cm³/mol. The quantitative estimate of drug-likeness (QED) is 0.549. The fraction of sp³-hybridized carbons (Fsp3) is 0.333. The van der Waals surface area contributed by atoms with Crippen LogP contribution in [0.2, 0.25) is 0 Å². The summed E-state index contributed by atoms with van der Waals surface area (Å²) in [4.78, 5) is 0. The van der Waals surface area contributed by atoms with Crippen LogP contribution in [0.1, 0.15) is 18.4 Å². The first-order valence-electron chi connectivity index (χ1n) is 8.22. The molecule has 1 fully saturated rings. The number of ether oxygens (including phenoxy) is 2. The van der Waals surface area contributed by atoms with E-state index in [0.717, 1.165) is 12.8 Å². The molecule has 0 aliphatic heterocycles. The Labute approximate surface area is 138 Å². The van der Waals surface area contributed by atoms with Crippen molar-refractivity contribution in [3.63, 3.8) is 0 Å². The van der Waals surface area contributed by atoms with Gasteiger partial charge in [0, 0.05) is 18.9 Å². The molecule has 0 unspecified atom stereocenters. The average molecular weight is 308 g/mol. The Kier molecular flexibility index (Phi) is 5.27. The van der Waals surface area contributed by atoms with Crippen molar-refractivity contribution in [2.45, 2.75) is 18.9 Å². The van der Waals surface area contributed by atoms with Crippen LogP contribution in [0, 0.1) is 11.8 Å². The van der Waals surface area contributed by atoms with Crippen LogP contribution in [0.25, 0.3) is 16.8 Å². The van der Waals surface area contributed by atoms with Crippen molar-refractivity contribution in [1.82, 2.24) is 0 Å². The smallest absolute Gasteiger partial charge is 0.146 e. The van der Waals surface area contributed by atoms with Gasteiger partial charge < -0.3 is 9.47 Å². The van der Waals surface area contributed by atoms with Crippen molar-refractivity contribution >= 4 is 16.8 Å². The topological polar surface area (TPSA) is 18.5 Å². The zero-order valence-electron chi connectivity index (χ0n) is 13.7. The van der Waals surface area contributed by atoms with Crippen LogP contribution in [0.3, 0.4) is 0 Å². The van der Waals surface area contributed by atoms with Crippen molar-refractivity contribution in [2.75, 3.05) is 13.9 Å². The third-order valence-electron chi connectivity index (χ3n) is 4.70. The van der Waals surface area contributed by atoms with E-state index in [9.17, 15) is 0 Å². The second-order valence-electron chi connectivity index (χ2n) is 6.11. The molecule has 2 aromatic rings. The van der Waals surface area contributed by atoms with Crippen molar-refractivity contribution < 1.29 is 9.47 Å². The lowest BCUT2D eigenvalue weighted by molar-refractivity contribution is -0.0871. The first-order chi connectivity index (χ1) is 11.3. The second-order valence-corrected chi connectivity index (χ2v) is 6.11. The Morgan fingerprint density at radius 1 is 1.09 bits per heavy atom. The number of hydrogen-bond donors (Lipinski definition) is 0. The molecule has 1 saturated carbocycles. The normalized spacial score (nSPS) is 24.5. The number of fused-ring (bicyclic) bond motifs is 1. The number of methoxy groups -OCH3 is 1. The summed E-state index contributed by atoms with van der Waals surface area (Å²) >= 11 is 0. The first kappa shape index (κ1) is 16.0. The molecule has 1 aliphatic carbocycles. The molecule has 2 aromatic carbocycles. The van der Waals surface area contributed by atoms with Crippen molar-refractivity contribution in [3.05, 3.63) is 66.8 Å². The SMILES string of the molecule is C=C[C@H]1CC[C@@H](/C=C/c2cccc3ccccc23)[C@H]1OCOC. The highest BCUT2D eigenvalue weighted by molar-refractivity contribution is 5.90. The molecule has 0 saturated heterocycles. The maximum absolute atomic E-state index is 5.90. The van der Waals surface area contributed by atoms with Crippen molar-refractivity contribution in [2.24, 2.45) is 11.8 Å². The van der Waals surface area contributed by atoms with E-state index in [1.807, 2.05) is 6.08 Å². The molecule has 0 radical (unpaired) electrons. The van der Waals surface area contributed by atoms with Gasteiger partial charge in [0.2, 0.25) is 0 Å². The molecule has 0 N–H and O–H groups in total. The van der Waals surface area contributed by atoms with E-state index < -0.39 is 0 Å². The van der Waals surface area contributed by atoms with Crippen molar-refractivity contribution in [3.8, 4) is 0 Å². The molecular formula is C21H24O2. The lowest BCUT2D eigenvalue weighted by Crippen LogP contribution is -2.24. The van der Waals surface area contributed by atoms with Gasteiger partial charge in [0.05, 0.1) is 6.10 Å². The van der Waals surface area contributed by atoms with Gasteiger partial charge in [0.25, 0.3) is 0 Å². The Morgan fingerprint density at radius 3 is 2.70 bits per heavy atom. The lowest BCUT2D eigenvalue weighted by atomic mass is 9.98. The Morgan fingerprint density at radius 2 is 1.87 bits per heavy atom. The summed E-state index contributed by atoms with van der Waals surface area (Å²) < 4.78 is 11.0. The highest BCUT2D eigenvalue weighted by Gasteiger charge is 2.33. The molecule has 0 spiro atoms. The largest absolute Gasteiger partial charge is 0.359 e.